The lowest BCUT2D eigenvalue weighted by molar-refractivity contribution is 0.0691. The van der Waals surface area contributed by atoms with Crippen LogP contribution in [0.3, 0.4) is 0 Å². The Morgan fingerprint density at radius 3 is 2.82 bits per heavy atom. The Morgan fingerprint density at radius 2 is 2.23 bits per heavy atom. The first-order valence-electron chi connectivity index (χ1n) is 6.88. The van der Waals surface area contributed by atoms with Crippen LogP contribution in [0, 0.1) is 0 Å². The summed E-state index contributed by atoms with van der Waals surface area (Å²) in [7, 11) is 0. The third kappa shape index (κ3) is 3.17. The van der Waals surface area contributed by atoms with Gasteiger partial charge in [-0.15, -0.1) is 5.10 Å². The minimum Gasteiger partial charge on any atom is -0.492 e. The highest BCUT2D eigenvalue weighted by Gasteiger charge is 2.21. The molecule has 0 aliphatic carbocycles. The second kappa shape index (κ2) is 6.90. The molecule has 118 valence electrons. The molecule has 1 aromatic carbocycles. The fourth-order valence-electron chi connectivity index (χ4n) is 2.10. The molecule has 0 bridgehead atoms. The summed E-state index contributed by atoms with van der Waals surface area (Å²) in [4.78, 5) is 11.3. The number of aliphatic hydroxyl groups excluding tert-OH is 1. The zero-order valence-corrected chi connectivity index (χ0v) is 12.2. The first-order chi connectivity index (χ1) is 10.6. The highest BCUT2D eigenvalue weighted by Crippen LogP contribution is 2.30. The summed E-state index contributed by atoms with van der Waals surface area (Å²) < 4.78 is 6.82. The van der Waals surface area contributed by atoms with Crippen LogP contribution in [0.2, 0.25) is 0 Å². The summed E-state index contributed by atoms with van der Waals surface area (Å²) in [5, 5.41) is 25.7. The molecule has 8 nitrogen and oxygen atoms in total. The number of aromatic nitrogens is 3. The third-order valence-corrected chi connectivity index (χ3v) is 3.05. The van der Waals surface area contributed by atoms with Crippen LogP contribution in [-0.2, 0) is 6.54 Å². The van der Waals surface area contributed by atoms with E-state index in [1.165, 1.54) is 4.68 Å². The van der Waals surface area contributed by atoms with Gasteiger partial charge in [-0.3, -0.25) is 0 Å². The fraction of sp³-hybridized carbons (Fsp3) is 0.357. The monoisotopic (exact) mass is 306 g/mol. The Bertz CT molecular complexity index is 669. The number of benzene rings is 1. The van der Waals surface area contributed by atoms with E-state index in [-0.39, 0.29) is 12.3 Å². The summed E-state index contributed by atoms with van der Waals surface area (Å²) in [6.07, 6.45) is 0.446. The van der Waals surface area contributed by atoms with Crippen LogP contribution in [-0.4, -0.2) is 44.4 Å². The second-order valence-electron chi connectivity index (χ2n) is 4.58. The van der Waals surface area contributed by atoms with Gasteiger partial charge in [0, 0.05) is 18.7 Å². The number of nitrogen functional groups attached to an aromatic ring is 1. The van der Waals surface area contributed by atoms with Crippen molar-refractivity contribution in [1.29, 1.82) is 0 Å². The van der Waals surface area contributed by atoms with Gasteiger partial charge < -0.3 is 20.7 Å². The van der Waals surface area contributed by atoms with Gasteiger partial charge in [0.15, 0.2) is 5.69 Å². The molecule has 0 aliphatic rings. The zero-order valence-electron chi connectivity index (χ0n) is 12.2. The van der Waals surface area contributed by atoms with Crippen molar-refractivity contribution >= 4 is 11.7 Å². The van der Waals surface area contributed by atoms with Gasteiger partial charge in [-0.2, -0.15) is 0 Å². The van der Waals surface area contributed by atoms with Gasteiger partial charge in [-0.05, 0) is 31.5 Å². The van der Waals surface area contributed by atoms with Crippen LogP contribution in [0.15, 0.2) is 18.2 Å². The topological polar surface area (TPSA) is 123 Å². The average Bonchev–Trinajstić information content (AvgIpc) is 2.91. The predicted octanol–water partition coefficient (Wildman–Crippen LogP) is 1.01. The van der Waals surface area contributed by atoms with E-state index in [0.29, 0.717) is 42.3 Å². The van der Waals surface area contributed by atoms with Crippen molar-refractivity contribution in [3.63, 3.8) is 0 Å². The van der Waals surface area contributed by atoms with Crippen LogP contribution in [0.5, 0.6) is 5.75 Å². The standard InChI is InChI=1S/C14H18N4O4/c1-2-22-11-5-4-9(8-10(11)15)13-12(14(20)21)16-17-18(13)6-3-7-19/h4-5,8,19H,2-3,6-7,15H2,1H3,(H,20,21). The fourth-order valence-corrected chi connectivity index (χ4v) is 2.10. The number of hydrogen-bond acceptors (Lipinski definition) is 6. The average molecular weight is 306 g/mol. The molecule has 0 atom stereocenters. The van der Waals surface area contributed by atoms with Gasteiger partial charge >= 0.3 is 5.97 Å². The molecule has 0 amide bonds. The van der Waals surface area contributed by atoms with Crippen molar-refractivity contribution in [1.82, 2.24) is 15.0 Å². The lowest BCUT2D eigenvalue weighted by atomic mass is 10.1. The second-order valence-corrected chi connectivity index (χ2v) is 4.58. The number of aryl methyl sites for hydroxylation is 1. The van der Waals surface area contributed by atoms with Crippen LogP contribution in [0.4, 0.5) is 5.69 Å². The van der Waals surface area contributed by atoms with Crippen molar-refractivity contribution in [3.05, 3.63) is 23.9 Å². The summed E-state index contributed by atoms with van der Waals surface area (Å²) in [6, 6.07) is 5.02. The lowest BCUT2D eigenvalue weighted by Crippen LogP contribution is -2.07. The molecule has 0 unspecified atom stereocenters. The lowest BCUT2D eigenvalue weighted by Gasteiger charge is -2.10. The SMILES string of the molecule is CCOc1ccc(-c2c(C(=O)O)nnn2CCCO)cc1N. The van der Waals surface area contributed by atoms with Crippen molar-refractivity contribution in [3.8, 4) is 17.0 Å². The molecule has 0 spiro atoms. The predicted molar refractivity (Wildman–Crippen MR) is 79.7 cm³/mol. The van der Waals surface area contributed by atoms with E-state index in [0.717, 1.165) is 0 Å². The molecule has 2 rings (SSSR count). The van der Waals surface area contributed by atoms with Gasteiger partial charge in [0.2, 0.25) is 0 Å². The molecule has 0 saturated carbocycles. The number of nitrogens with zero attached hydrogens (tertiary/aromatic N) is 3. The molecule has 4 N–H and O–H groups in total. The molecule has 0 saturated heterocycles. The number of rotatable bonds is 7. The number of carbonyl (C=O) groups is 1. The molecular formula is C14H18N4O4. The van der Waals surface area contributed by atoms with E-state index < -0.39 is 5.97 Å². The molecule has 22 heavy (non-hydrogen) atoms. The number of anilines is 1. The first kappa shape index (κ1) is 15.8. The molecule has 0 aliphatic heterocycles. The summed E-state index contributed by atoms with van der Waals surface area (Å²) in [5.74, 6) is -0.629. The third-order valence-electron chi connectivity index (χ3n) is 3.05. The van der Waals surface area contributed by atoms with Gasteiger partial charge in [0.1, 0.15) is 11.4 Å². The highest BCUT2D eigenvalue weighted by atomic mass is 16.5. The van der Waals surface area contributed by atoms with E-state index in [2.05, 4.69) is 10.3 Å². The highest BCUT2D eigenvalue weighted by molar-refractivity contribution is 5.93. The number of aromatic carboxylic acids is 1. The van der Waals surface area contributed by atoms with Crippen molar-refractivity contribution in [2.45, 2.75) is 19.9 Å². The Balaban J connectivity index is 2.47. The Morgan fingerprint density at radius 1 is 1.45 bits per heavy atom. The Kier molecular flexibility index (Phi) is 4.95. The van der Waals surface area contributed by atoms with Gasteiger partial charge in [0.25, 0.3) is 0 Å². The van der Waals surface area contributed by atoms with E-state index in [1.54, 1.807) is 18.2 Å². The molecular weight excluding hydrogens is 288 g/mol. The van der Waals surface area contributed by atoms with Crippen molar-refractivity contribution in [2.24, 2.45) is 0 Å². The van der Waals surface area contributed by atoms with Crippen molar-refractivity contribution < 1.29 is 19.7 Å². The quantitative estimate of drug-likeness (QED) is 0.652. The van der Waals surface area contributed by atoms with E-state index in [1.807, 2.05) is 6.92 Å². The largest absolute Gasteiger partial charge is 0.492 e. The van der Waals surface area contributed by atoms with Crippen LogP contribution >= 0.6 is 0 Å². The van der Waals surface area contributed by atoms with Crippen LogP contribution in [0.1, 0.15) is 23.8 Å². The molecule has 0 radical (unpaired) electrons. The maximum Gasteiger partial charge on any atom is 0.358 e. The van der Waals surface area contributed by atoms with Crippen molar-refractivity contribution in [2.75, 3.05) is 18.9 Å². The maximum absolute atomic E-state index is 11.3. The zero-order chi connectivity index (χ0) is 16.1. The molecule has 0 fully saturated rings. The number of aliphatic hydroxyl groups is 1. The first-order valence-corrected chi connectivity index (χ1v) is 6.88. The minimum atomic E-state index is -1.17. The summed E-state index contributed by atoms with van der Waals surface area (Å²) >= 11 is 0. The summed E-state index contributed by atoms with van der Waals surface area (Å²) in [6.45, 7) is 2.68. The Labute approximate surface area is 127 Å². The van der Waals surface area contributed by atoms with E-state index in [9.17, 15) is 9.90 Å². The number of carboxylic acids is 1. The number of hydrogen-bond donors (Lipinski definition) is 3. The summed E-state index contributed by atoms with van der Waals surface area (Å²) in [5.41, 5.74) is 7.13. The maximum atomic E-state index is 11.3. The van der Waals surface area contributed by atoms with Gasteiger partial charge in [0.05, 0.1) is 12.3 Å². The van der Waals surface area contributed by atoms with E-state index >= 15 is 0 Å². The molecule has 8 heteroatoms. The molecule has 2 aromatic rings. The number of ether oxygens (including phenoxy) is 1. The van der Waals surface area contributed by atoms with Gasteiger partial charge in [-0.1, -0.05) is 5.21 Å². The smallest absolute Gasteiger partial charge is 0.358 e. The van der Waals surface area contributed by atoms with Gasteiger partial charge in [-0.25, -0.2) is 9.48 Å². The Hall–Kier alpha value is -2.61. The number of nitrogens with two attached hydrogens (primary N) is 1. The number of carboxylic acid groups (broad SMARTS) is 1. The molecule has 1 aromatic heterocycles. The normalized spacial score (nSPS) is 10.6. The van der Waals surface area contributed by atoms with Crippen LogP contribution < -0.4 is 10.5 Å². The molecule has 1 heterocycles. The van der Waals surface area contributed by atoms with E-state index in [4.69, 9.17) is 15.6 Å². The minimum absolute atomic E-state index is 0.0207. The van der Waals surface area contributed by atoms with Crippen LogP contribution in [0.25, 0.3) is 11.3 Å².